The number of rotatable bonds is 2. The van der Waals surface area contributed by atoms with Gasteiger partial charge in [0, 0.05) is 18.4 Å². The van der Waals surface area contributed by atoms with E-state index in [2.05, 4.69) is 28.7 Å². The molecule has 1 aliphatic rings. The van der Waals surface area contributed by atoms with Crippen molar-refractivity contribution in [2.45, 2.75) is 19.3 Å². The summed E-state index contributed by atoms with van der Waals surface area (Å²) in [7, 11) is 0. The third-order valence-electron chi connectivity index (χ3n) is 1.67. The third-order valence-corrected chi connectivity index (χ3v) is 1.77. The normalized spacial score (nSPS) is 19.2. The van der Waals surface area contributed by atoms with Crippen molar-refractivity contribution >= 4 is 17.3 Å². The predicted molar refractivity (Wildman–Crippen MR) is 52.8 cm³/mol. The van der Waals surface area contributed by atoms with Gasteiger partial charge in [0.05, 0.1) is 0 Å². The van der Waals surface area contributed by atoms with Crippen LogP contribution in [0.1, 0.15) is 19.3 Å². The lowest BCUT2D eigenvalue weighted by Gasteiger charge is -2.08. The summed E-state index contributed by atoms with van der Waals surface area (Å²) >= 11 is 4.73. The molecule has 0 aromatic carbocycles. The first-order valence-electron chi connectivity index (χ1n) is 3.99. The minimum absolute atomic E-state index is 0.512. The zero-order valence-corrected chi connectivity index (χ0v) is 7.79. The Morgan fingerprint density at radius 1 is 1.58 bits per heavy atom. The van der Waals surface area contributed by atoms with Crippen molar-refractivity contribution in [3.8, 4) is 0 Å². The fourth-order valence-corrected chi connectivity index (χ4v) is 1.13. The lowest BCUT2D eigenvalue weighted by Crippen LogP contribution is -2.64. The van der Waals surface area contributed by atoms with Crippen LogP contribution >= 0.6 is 12.2 Å². The highest BCUT2D eigenvalue weighted by molar-refractivity contribution is 7.79. The zero-order chi connectivity index (χ0) is 8.81. The zero-order valence-electron chi connectivity index (χ0n) is 6.97. The Bertz CT molecular complexity index is 220. The smallest absolute Gasteiger partial charge is 0.283 e. The number of hydrogen-bond acceptors (Lipinski definition) is 2. The quantitative estimate of drug-likeness (QED) is 0.327. The van der Waals surface area contributed by atoms with E-state index in [9.17, 15) is 0 Å². The van der Waals surface area contributed by atoms with Crippen LogP contribution in [-0.4, -0.2) is 5.11 Å². The standard InChI is InChI=1S/C8H13N3S/c9-8(12)11-10-6-7-4-2-1-3-5-7/h1-2,6,10H,3-5H2,(H3,9,11,12)/p+1. The molecule has 5 N–H and O–H groups in total. The number of allylic oxidation sites excluding steroid dienone is 3. The Morgan fingerprint density at radius 3 is 3.00 bits per heavy atom. The van der Waals surface area contributed by atoms with Crippen molar-refractivity contribution in [1.82, 2.24) is 10.9 Å². The van der Waals surface area contributed by atoms with Gasteiger partial charge in [0.1, 0.15) is 0 Å². The molecule has 12 heavy (non-hydrogen) atoms. The highest BCUT2D eigenvalue weighted by Crippen LogP contribution is 2.15. The van der Waals surface area contributed by atoms with Crippen molar-refractivity contribution in [1.29, 1.82) is 0 Å². The van der Waals surface area contributed by atoms with E-state index in [0.29, 0.717) is 5.11 Å². The van der Waals surface area contributed by atoms with Crippen LogP contribution in [0.5, 0.6) is 0 Å². The molecule has 0 amide bonds. The van der Waals surface area contributed by atoms with E-state index >= 15 is 0 Å². The molecule has 0 spiro atoms. The second-order valence-corrected chi connectivity index (χ2v) is 3.20. The van der Waals surface area contributed by atoms with Crippen molar-refractivity contribution < 1.29 is 5.73 Å². The highest BCUT2D eigenvalue weighted by atomic mass is 32.1. The predicted octanol–water partition coefficient (Wildman–Crippen LogP) is 0.231. The van der Waals surface area contributed by atoms with Crippen LogP contribution in [0.4, 0.5) is 0 Å². The van der Waals surface area contributed by atoms with Crippen LogP contribution in [0.15, 0.2) is 23.9 Å². The summed E-state index contributed by atoms with van der Waals surface area (Å²) in [5, 5.41) is 0.512. The highest BCUT2D eigenvalue weighted by Gasteiger charge is 1.98. The second-order valence-electron chi connectivity index (χ2n) is 2.71. The van der Waals surface area contributed by atoms with Crippen molar-refractivity contribution in [2.75, 3.05) is 0 Å². The molecule has 0 saturated heterocycles. The van der Waals surface area contributed by atoms with Gasteiger partial charge in [0.15, 0.2) is 0 Å². The largest absolute Gasteiger partial charge is 0.303 e. The van der Waals surface area contributed by atoms with Gasteiger partial charge in [0.2, 0.25) is 0 Å². The first kappa shape index (κ1) is 9.22. The maximum absolute atomic E-state index is 4.73. The maximum Gasteiger partial charge on any atom is 0.283 e. The monoisotopic (exact) mass is 184 g/mol. The van der Waals surface area contributed by atoms with E-state index in [1.54, 1.807) is 0 Å². The number of hydrazine groups is 1. The molecule has 66 valence electrons. The molecule has 4 heteroatoms. The minimum atomic E-state index is 0.512. The summed E-state index contributed by atoms with van der Waals surface area (Å²) in [5.41, 5.74) is 10.6. The van der Waals surface area contributed by atoms with Gasteiger partial charge >= 0.3 is 0 Å². The summed E-state index contributed by atoms with van der Waals surface area (Å²) in [6, 6.07) is 0. The number of hydrogen-bond donors (Lipinski definition) is 3. The van der Waals surface area contributed by atoms with Crippen LogP contribution in [-0.2, 0) is 0 Å². The fraction of sp³-hybridized carbons (Fsp3) is 0.375. The number of nitrogens with one attached hydrogen (secondary N) is 2. The molecule has 0 heterocycles. The summed E-state index contributed by atoms with van der Waals surface area (Å²) < 4.78 is 0. The van der Waals surface area contributed by atoms with Crippen LogP contribution in [0, 0.1) is 0 Å². The molecular weight excluding hydrogens is 170 g/mol. The van der Waals surface area contributed by atoms with Gasteiger partial charge in [-0.2, -0.15) is 0 Å². The molecule has 1 aliphatic carbocycles. The van der Waals surface area contributed by atoms with Gasteiger partial charge in [-0.25, -0.2) is 5.43 Å². The molecule has 3 nitrogen and oxygen atoms in total. The van der Waals surface area contributed by atoms with Crippen LogP contribution < -0.4 is 16.6 Å². The topological polar surface area (TPSA) is 51.7 Å². The summed E-state index contributed by atoms with van der Waals surface area (Å²) in [6.45, 7) is 0. The Balaban J connectivity index is 2.26. The fourth-order valence-electron chi connectivity index (χ4n) is 1.07. The van der Waals surface area contributed by atoms with Crippen LogP contribution in [0.25, 0.3) is 0 Å². The van der Waals surface area contributed by atoms with Gasteiger partial charge in [-0.05, 0) is 24.8 Å². The SMILES string of the molecule is [NH3+]C(=S)NNC=C1CC=CCC1. The van der Waals surface area contributed by atoms with E-state index in [1.807, 2.05) is 6.20 Å². The molecule has 0 atom stereocenters. The lowest BCUT2D eigenvalue weighted by molar-refractivity contribution is -0.215. The van der Waals surface area contributed by atoms with Gasteiger partial charge < -0.3 is 5.43 Å². The summed E-state index contributed by atoms with van der Waals surface area (Å²) in [5.74, 6) is 0. The lowest BCUT2D eigenvalue weighted by atomic mass is 10.0. The van der Waals surface area contributed by atoms with Crippen LogP contribution in [0.3, 0.4) is 0 Å². The van der Waals surface area contributed by atoms with E-state index in [1.165, 1.54) is 5.57 Å². The van der Waals surface area contributed by atoms with Crippen molar-refractivity contribution in [3.63, 3.8) is 0 Å². The van der Waals surface area contributed by atoms with Crippen molar-refractivity contribution in [2.24, 2.45) is 0 Å². The first-order chi connectivity index (χ1) is 5.79. The average Bonchev–Trinajstić information content (AvgIpc) is 2.05. The van der Waals surface area contributed by atoms with E-state index < -0.39 is 0 Å². The number of thiocarbonyl (C=S) groups is 1. The van der Waals surface area contributed by atoms with Gasteiger partial charge in [-0.1, -0.05) is 12.2 Å². The summed E-state index contributed by atoms with van der Waals surface area (Å²) in [4.78, 5) is 0. The molecule has 0 fully saturated rings. The van der Waals surface area contributed by atoms with E-state index in [4.69, 9.17) is 12.2 Å². The van der Waals surface area contributed by atoms with Crippen LogP contribution in [0.2, 0.25) is 0 Å². The molecule has 0 saturated carbocycles. The van der Waals surface area contributed by atoms with Gasteiger partial charge in [-0.15, -0.1) is 0 Å². The molecule has 0 radical (unpaired) electrons. The maximum atomic E-state index is 4.73. The molecule has 0 aliphatic heterocycles. The summed E-state index contributed by atoms with van der Waals surface area (Å²) in [6.07, 6.45) is 9.66. The Hall–Kier alpha value is -0.870. The Labute approximate surface area is 77.7 Å². The van der Waals surface area contributed by atoms with Gasteiger partial charge in [-0.3, -0.25) is 5.73 Å². The average molecular weight is 184 g/mol. The van der Waals surface area contributed by atoms with E-state index in [-0.39, 0.29) is 0 Å². The molecule has 0 unspecified atom stereocenters. The number of quaternary nitrogens is 1. The Morgan fingerprint density at radius 2 is 2.42 bits per heavy atom. The molecule has 1 rings (SSSR count). The van der Waals surface area contributed by atoms with E-state index in [0.717, 1.165) is 19.3 Å². The molecule has 0 aromatic heterocycles. The minimum Gasteiger partial charge on any atom is -0.303 e. The van der Waals surface area contributed by atoms with Crippen molar-refractivity contribution in [3.05, 3.63) is 23.9 Å². The molecular formula is C8H14N3S+. The van der Waals surface area contributed by atoms with Gasteiger partial charge in [0.25, 0.3) is 5.11 Å². The third kappa shape index (κ3) is 3.50. The first-order valence-corrected chi connectivity index (χ1v) is 4.40. The second kappa shape index (κ2) is 4.90. The molecule has 0 aromatic rings. The Kier molecular flexibility index (Phi) is 3.76. The molecule has 0 bridgehead atoms.